The average molecular weight is 375 g/mol. The monoisotopic (exact) mass is 373 g/mol. The molecule has 0 saturated carbocycles. The molecular weight excluding hydrogens is 364 g/mol. The summed E-state index contributed by atoms with van der Waals surface area (Å²) in [6.07, 6.45) is 1.56. The maximum Gasteiger partial charge on any atom is 0.126 e. The Kier molecular flexibility index (Phi) is 3.93. The Hall–Kier alpha value is -0.770. The fourth-order valence-corrected chi connectivity index (χ4v) is 3.93. The van der Waals surface area contributed by atoms with E-state index in [0.717, 1.165) is 28.4 Å². The number of hydrogen-bond donors (Lipinski definition) is 1. The first-order chi connectivity index (χ1) is 9.56. The molecule has 2 aromatic rings. The molecule has 0 amide bonds. The first-order valence-corrected chi connectivity index (χ1v) is 7.79. The second kappa shape index (κ2) is 5.55. The van der Waals surface area contributed by atoms with E-state index in [2.05, 4.69) is 21.2 Å². The van der Waals surface area contributed by atoms with Crippen LogP contribution in [0.2, 0.25) is 10.0 Å². The summed E-state index contributed by atoms with van der Waals surface area (Å²) in [6, 6.07) is 8.80. The minimum absolute atomic E-state index is 0.0388. The standard InChI is InChI=1S/C15H11BrCl2FN/c16-8-6-11(17)15(12(18)7-8)20-14-5-4-9-10(14)2-1-3-13(9)19/h1-3,6-7,14,20H,4-5H2. The zero-order valence-electron chi connectivity index (χ0n) is 10.4. The van der Waals surface area contributed by atoms with Gasteiger partial charge in [-0.2, -0.15) is 0 Å². The predicted molar refractivity (Wildman–Crippen MR) is 85.2 cm³/mol. The highest BCUT2D eigenvalue weighted by molar-refractivity contribution is 9.10. The highest BCUT2D eigenvalue weighted by Crippen LogP contribution is 2.40. The van der Waals surface area contributed by atoms with Crippen molar-refractivity contribution in [1.29, 1.82) is 0 Å². The summed E-state index contributed by atoms with van der Waals surface area (Å²) < 4.78 is 14.6. The van der Waals surface area contributed by atoms with Gasteiger partial charge in [-0.05, 0) is 42.2 Å². The third-order valence-electron chi connectivity index (χ3n) is 3.54. The molecule has 20 heavy (non-hydrogen) atoms. The molecule has 0 saturated heterocycles. The van der Waals surface area contributed by atoms with Gasteiger partial charge in [-0.1, -0.05) is 51.3 Å². The number of halogens is 4. The molecule has 0 aliphatic heterocycles. The molecule has 0 heterocycles. The third kappa shape index (κ3) is 2.54. The van der Waals surface area contributed by atoms with Crippen LogP contribution in [-0.4, -0.2) is 0 Å². The van der Waals surface area contributed by atoms with Crippen molar-refractivity contribution in [3.63, 3.8) is 0 Å². The lowest BCUT2D eigenvalue weighted by molar-refractivity contribution is 0.612. The number of fused-ring (bicyclic) bond motifs is 1. The summed E-state index contributed by atoms with van der Waals surface area (Å²) in [7, 11) is 0. The van der Waals surface area contributed by atoms with E-state index in [1.54, 1.807) is 18.2 Å². The van der Waals surface area contributed by atoms with Gasteiger partial charge in [0.2, 0.25) is 0 Å². The molecule has 104 valence electrons. The summed E-state index contributed by atoms with van der Waals surface area (Å²) in [5.74, 6) is -0.139. The number of rotatable bonds is 2. The molecule has 1 aliphatic rings. The van der Waals surface area contributed by atoms with Crippen molar-refractivity contribution in [2.75, 3.05) is 5.32 Å². The van der Waals surface area contributed by atoms with Crippen LogP contribution in [0.15, 0.2) is 34.8 Å². The van der Waals surface area contributed by atoms with Crippen molar-refractivity contribution < 1.29 is 4.39 Å². The van der Waals surface area contributed by atoms with E-state index in [9.17, 15) is 4.39 Å². The van der Waals surface area contributed by atoms with E-state index in [0.29, 0.717) is 15.7 Å². The first-order valence-electron chi connectivity index (χ1n) is 6.24. The molecule has 1 nitrogen and oxygen atoms in total. The van der Waals surface area contributed by atoms with Crippen molar-refractivity contribution >= 4 is 44.8 Å². The average Bonchev–Trinajstić information content (AvgIpc) is 2.78. The number of nitrogens with one attached hydrogen (secondary N) is 1. The van der Waals surface area contributed by atoms with Gasteiger partial charge in [0.05, 0.1) is 21.8 Å². The highest BCUT2D eigenvalue weighted by Gasteiger charge is 2.25. The Labute approximate surface area is 135 Å². The van der Waals surface area contributed by atoms with Gasteiger partial charge in [-0.3, -0.25) is 0 Å². The zero-order chi connectivity index (χ0) is 14.3. The van der Waals surface area contributed by atoms with Gasteiger partial charge in [-0.15, -0.1) is 0 Å². The van der Waals surface area contributed by atoms with E-state index < -0.39 is 0 Å². The lowest BCUT2D eigenvalue weighted by Crippen LogP contribution is -2.08. The molecule has 1 aliphatic carbocycles. The largest absolute Gasteiger partial charge is 0.376 e. The maximum atomic E-state index is 13.7. The molecule has 0 bridgehead atoms. The second-order valence-electron chi connectivity index (χ2n) is 4.79. The molecule has 0 fully saturated rings. The van der Waals surface area contributed by atoms with Crippen LogP contribution >= 0.6 is 39.1 Å². The fourth-order valence-electron chi connectivity index (χ4n) is 2.61. The zero-order valence-corrected chi connectivity index (χ0v) is 13.5. The van der Waals surface area contributed by atoms with Gasteiger partial charge in [0.1, 0.15) is 5.82 Å². The van der Waals surface area contributed by atoms with E-state index in [1.807, 2.05) is 6.07 Å². The van der Waals surface area contributed by atoms with Gasteiger partial charge in [0, 0.05) is 4.47 Å². The number of anilines is 1. The smallest absolute Gasteiger partial charge is 0.126 e. The van der Waals surface area contributed by atoms with Crippen molar-refractivity contribution in [3.05, 3.63) is 61.8 Å². The lowest BCUT2D eigenvalue weighted by Gasteiger charge is -2.18. The summed E-state index contributed by atoms with van der Waals surface area (Å²) in [5, 5.41) is 4.44. The quantitative estimate of drug-likeness (QED) is 0.680. The van der Waals surface area contributed by atoms with E-state index in [-0.39, 0.29) is 11.9 Å². The van der Waals surface area contributed by atoms with E-state index >= 15 is 0 Å². The van der Waals surface area contributed by atoms with Crippen LogP contribution in [0.1, 0.15) is 23.6 Å². The molecule has 0 radical (unpaired) electrons. The van der Waals surface area contributed by atoms with Gasteiger partial charge >= 0.3 is 0 Å². The second-order valence-corrected chi connectivity index (χ2v) is 6.52. The molecule has 0 aromatic heterocycles. The van der Waals surface area contributed by atoms with Gasteiger partial charge in [0.15, 0.2) is 0 Å². The van der Waals surface area contributed by atoms with Gasteiger partial charge in [0.25, 0.3) is 0 Å². The van der Waals surface area contributed by atoms with Crippen LogP contribution in [0.4, 0.5) is 10.1 Å². The minimum atomic E-state index is -0.139. The molecular formula is C15H11BrCl2FN. The Morgan fingerprint density at radius 2 is 1.90 bits per heavy atom. The maximum absolute atomic E-state index is 13.7. The first kappa shape index (κ1) is 14.2. The Balaban J connectivity index is 1.94. The van der Waals surface area contributed by atoms with Gasteiger partial charge < -0.3 is 5.32 Å². The Morgan fingerprint density at radius 3 is 2.60 bits per heavy atom. The summed E-state index contributed by atoms with van der Waals surface area (Å²) in [6.45, 7) is 0. The third-order valence-corrected chi connectivity index (χ3v) is 4.59. The van der Waals surface area contributed by atoms with E-state index in [1.165, 1.54) is 6.07 Å². The summed E-state index contributed by atoms with van der Waals surface area (Å²) in [4.78, 5) is 0. The topological polar surface area (TPSA) is 12.0 Å². The molecule has 0 spiro atoms. The van der Waals surface area contributed by atoms with Crippen LogP contribution in [-0.2, 0) is 6.42 Å². The van der Waals surface area contributed by atoms with E-state index in [4.69, 9.17) is 23.2 Å². The normalized spacial score (nSPS) is 17.1. The van der Waals surface area contributed by atoms with Crippen LogP contribution in [0.25, 0.3) is 0 Å². The molecule has 2 aromatic carbocycles. The SMILES string of the molecule is Fc1cccc2c1CCC2Nc1c(Cl)cc(Br)cc1Cl. The van der Waals surface area contributed by atoms with Crippen molar-refractivity contribution in [1.82, 2.24) is 0 Å². The van der Waals surface area contributed by atoms with Gasteiger partial charge in [-0.25, -0.2) is 4.39 Å². The number of benzene rings is 2. The van der Waals surface area contributed by atoms with Crippen molar-refractivity contribution in [2.24, 2.45) is 0 Å². The summed E-state index contributed by atoms with van der Waals surface area (Å²) >= 11 is 15.8. The lowest BCUT2D eigenvalue weighted by atomic mass is 10.1. The van der Waals surface area contributed by atoms with Crippen LogP contribution in [0, 0.1) is 5.82 Å². The molecule has 1 unspecified atom stereocenters. The Bertz CT molecular complexity index is 652. The summed E-state index contributed by atoms with van der Waals surface area (Å²) in [5.41, 5.74) is 2.47. The fraction of sp³-hybridized carbons (Fsp3) is 0.200. The molecule has 1 atom stereocenters. The Morgan fingerprint density at radius 1 is 1.20 bits per heavy atom. The van der Waals surface area contributed by atoms with Crippen LogP contribution in [0.5, 0.6) is 0 Å². The number of hydrogen-bond acceptors (Lipinski definition) is 1. The predicted octanol–water partition coefficient (Wildman–Crippen LogP) is 5.99. The molecule has 3 rings (SSSR count). The minimum Gasteiger partial charge on any atom is -0.376 e. The van der Waals surface area contributed by atoms with Crippen LogP contribution < -0.4 is 5.32 Å². The molecule has 1 N–H and O–H groups in total. The van der Waals surface area contributed by atoms with Crippen molar-refractivity contribution in [2.45, 2.75) is 18.9 Å². The van der Waals surface area contributed by atoms with Crippen LogP contribution in [0.3, 0.4) is 0 Å². The van der Waals surface area contributed by atoms with Crippen molar-refractivity contribution in [3.8, 4) is 0 Å². The highest BCUT2D eigenvalue weighted by atomic mass is 79.9. The molecule has 5 heteroatoms.